The quantitative estimate of drug-likeness (QED) is 0.197. The van der Waals surface area contributed by atoms with E-state index in [1.807, 2.05) is 48.7 Å². The van der Waals surface area contributed by atoms with Crippen molar-refractivity contribution in [2.24, 2.45) is 9.98 Å². The molecule has 1 atom stereocenters. The molecule has 1 N–H and O–H groups in total. The molecule has 5 nitrogen and oxygen atoms in total. The number of amidine groups is 2. The SMILES string of the molecule is c1ccc(C2=NC(c3ccc(-c4ccc5c(ccc6ccccc65)c4)c4oc5cc6cccnc6cc5c34)=NC(c3ccccc3)N2)cc1. The van der Waals surface area contributed by atoms with Gasteiger partial charge in [-0.05, 0) is 69.1 Å². The number of nitrogens with zero attached hydrogens (tertiary/aromatic N) is 3. The van der Waals surface area contributed by atoms with Crippen LogP contribution in [0.3, 0.4) is 0 Å². The summed E-state index contributed by atoms with van der Waals surface area (Å²) in [4.78, 5) is 15.1. The molecule has 0 aliphatic carbocycles. The number of pyridine rings is 1. The number of rotatable bonds is 4. The molecule has 5 heteroatoms. The van der Waals surface area contributed by atoms with E-state index >= 15 is 0 Å². The monoisotopic (exact) mass is 628 g/mol. The number of fused-ring (bicyclic) bond motifs is 7. The number of furan rings is 1. The Hall–Kier alpha value is -6.59. The Labute approximate surface area is 281 Å². The molecule has 1 aliphatic rings. The number of aromatic nitrogens is 1. The number of aliphatic imine (C=N–C) groups is 2. The van der Waals surface area contributed by atoms with E-state index in [0.29, 0.717) is 5.84 Å². The number of benzene rings is 7. The molecule has 230 valence electrons. The molecule has 1 unspecified atom stereocenters. The fourth-order valence-corrected chi connectivity index (χ4v) is 7.16. The molecule has 7 aromatic carbocycles. The summed E-state index contributed by atoms with van der Waals surface area (Å²) >= 11 is 0. The van der Waals surface area contributed by atoms with Crippen molar-refractivity contribution in [1.29, 1.82) is 0 Å². The first-order chi connectivity index (χ1) is 24.3. The fourth-order valence-electron chi connectivity index (χ4n) is 7.16. The van der Waals surface area contributed by atoms with E-state index in [9.17, 15) is 0 Å². The summed E-state index contributed by atoms with van der Waals surface area (Å²) in [5.74, 6) is 1.43. The largest absolute Gasteiger partial charge is 0.455 e. The van der Waals surface area contributed by atoms with Gasteiger partial charge in [0.1, 0.15) is 23.2 Å². The highest BCUT2D eigenvalue weighted by Gasteiger charge is 2.25. The first kappa shape index (κ1) is 27.5. The number of hydrogen-bond acceptors (Lipinski definition) is 5. The van der Waals surface area contributed by atoms with Crippen LogP contribution in [0, 0.1) is 0 Å². The van der Waals surface area contributed by atoms with Crippen LogP contribution in [-0.2, 0) is 0 Å². The molecule has 10 rings (SSSR count). The second kappa shape index (κ2) is 11.0. The van der Waals surface area contributed by atoms with Crippen LogP contribution in [0.4, 0.5) is 0 Å². The van der Waals surface area contributed by atoms with E-state index in [-0.39, 0.29) is 6.17 Å². The third kappa shape index (κ3) is 4.59. The van der Waals surface area contributed by atoms with Gasteiger partial charge in [0.2, 0.25) is 0 Å². The molecule has 0 radical (unpaired) electrons. The lowest BCUT2D eigenvalue weighted by Gasteiger charge is -2.24. The van der Waals surface area contributed by atoms with Crippen molar-refractivity contribution in [3.05, 3.63) is 175 Å². The number of nitrogens with one attached hydrogen (secondary N) is 1. The van der Waals surface area contributed by atoms with Crippen LogP contribution >= 0.6 is 0 Å². The molecule has 0 amide bonds. The Bertz CT molecular complexity index is 2800. The summed E-state index contributed by atoms with van der Waals surface area (Å²) in [5, 5.41) is 11.5. The Balaban J connectivity index is 1.23. The molecule has 2 aromatic heterocycles. The van der Waals surface area contributed by atoms with E-state index in [2.05, 4.69) is 115 Å². The predicted molar refractivity (Wildman–Crippen MR) is 201 cm³/mol. The first-order valence-electron chi connectivity index (χ1n) is 16.5. The molecule has 9 aromatic rings. The van der Waals surface area contributed by atoms with Gasteiger partial charge in [-0.2, -0.15) is 0 Å². The van der Waals surface area contributed by atoms with Crippen molar-refractivity contribution in [2.45, 2.75) is 6.17 Å². The first-order valence-corrected chi connectivity index (χ1v) is 16.5. The van der Waals surface area contributed by atoms with Gasteiger partial charge >= 0.3 is 0 Å². The molecule has 0 saturated heterocycles. The standard InChI is InChI=1S/C44H28N4O/c1-3-11-28(12-4-1)42-46-43(29-13-5-2-6-14-29)48-44(47-42)36-22-21-35(31-19-20-34-30(24-31)18-17-27-10-7-8-16-33(27)34)41-40(36)37-26-38-32(15-9-23-45-38)25-39(37)49-41/h1-26,42H,(H,46,47,48). The summed E-state index contributed by atoms with van der Waals surface area (Å²) in [6.45, 7) is 0. The van der Waals surface area contributed by atoms with Gasteiger partial charge in [-0.1, -0.05) is 115 Å². The van der Waals surface area contributed by atoms with E-state index < -0.39 is 0 Å². The summed E-state index contributed by atoms with van der Waals surface area (Å²) in [6, 6.07) is 52.7. The highest BCUT2D eigenvalue weighted by atomic mass is 16.3. The zero-order chi connectivity index (χ0) is 32.3. The normalized spacial score (nSPS) is 14.7. The zero-order valence-electron chi connectivity index (χ0n) is 26.3. The van der Waals surface area contributed by atoms with Gasteiger partial charge in [0, 0.05) is 39.0 Å². The summed E-state index contributed by atoms with van der Waals surface area (Å²) in [6.07, 6.45) is 1.52. The molecular weight excluding hydrogens is 601 g/mol. The minimum atomic E-state index is -0.311. The maximum atomic E-state index is 6.84. The van der Waals surface area contributed by atoms with Gasteiger partial charge in [0.15, 0.2) is 5.84 Å². The van der Waals surface area contributed by atoms with Crippen molar-refractivity contribution in [3.63, 3.8) is 0 Å². The molecule has 0 fully saturated rings. The summed E-state index contributed by atoms with van der Waals surface area (Å²) < 4.78 is 6.84. The smallest absolute Gasteiger partial charge is 0.160 e. The van der Waals surface area contributed by atoms with Crippen LogP contribution < -0.4 is 5.32 Å². The van der Waals surface area contributed by atoms with Crippen LogP contribution in [0.1, 0.15) is 22.9 Å². The maximum absolute atomic E-state index is 6.84. The molecule has 0 saturated carbocycles. The molecule has 1 aliphatic heterocycles. The third-order valence-corrected chi connectivity index (χ3v) is 9.55. The van der Waals surface area contributed by atoms with Crippen molar-refractivity contribution >= 4 is 66.1 Å². The van der Waals surface area contributed by atoms with Crippen LogP contribution in [0.15, 0.2) is 172 Å². The average Bonchev–Trinajstić information content (AvgIpc) is 3.55. The fraction of sp³-hybridized carbons (Fsp3) is 0.0227. The summed E-state index contributed by atoms with van der Waals surface area (Å²) in [5.41, 5.74) is 7.60. The highest BCUT2D eigenvalue weighted by molar-refractivity contribution is 6.24. The molecule has 0 bridgehead atoms. The minimum Gasteiger partial charge on any atom is -0.455 e. The van der Waals surface area contributed by atoms with Gasteiger partial charge in [0.25, 0.3) is 0 Å². The predicted octanol–water partition coefficient (Wildman–Crippen LogP) is 10.6. The van der Waals surface area contributed by atoms with Gasteiger partial charge in [-0.25, -0.2) is 9.98 Å². The van der Waals surface area contributed by atoms with E-state index in [0.717, 1.165) is 66.5 Å². The van der Waals surface area contributed by atoms with Crippen molar-refractivity contribution in [3.8, 4) is 11.1 Å². The van der Waals surface area contributed by atoms with Crippen LogP contribution in [0.5, 0.6) is 0 Å². The second-order valence-electron chi connectivity index (χ2n) is 12.5. The molecule has 3 heterocycles. The van der Waals surface area contributed by atoms with Crippen LogP contribution in [0.25, 0.3) is 65.5 Å². The highest BCUT2D eigenvalue weighted by Crippen LogP contribution is 2.41. The maximum Gasteiger partial charge on any atom is 0.160 e. The number of hydrogen-bond donors (Lipinski definition) is 1. The van der Waals surface area contributed by atoms with Crippen molar-refractivity contribution < 1.29 is 4.42 Å². The van der Waals surface area contributed by atoms with Crippen molar-refractivity contribution in [2.75, 3.05) is 0 Å². The van der Waals surface area contributed by atoms with Gasteiger partial charge in [0.05, 0.1) is 5.52 Å². The third-order valence-electron chi connectivity index (χ3n) is 9.55. The lowest BCUT2D eigenvalue weighted by atomic mass is 9.94. The molecule has 0 spiro atoms. The Morgan fingerprint density at radius 3 is 2.20 bits per heavy atom. The van der Waals surface area contributed by atoms with Crippen LogP contribution in [0.2, 0.25) is 0 Å². The van der Waals surface area contributed by atoms with E-state index in [1.165, 1.54) is 21.5 Å². The Morgan fingerprint density at radius 1 is 0.551 bits per heavy atom. The zero-order valence-corrected chi connectivity index (χ0v) is 26.3. The van der Waals surface area contributed by atoms with Gasteiger partial charge < -0.3 is 9.73 Å². The van der Waals surface area contributed by atoms with E-state index in [1.54, 1.807) is 0 Å². The minimum absolute atomic E-state index is 0.311. The second-order valence-corrected chi connectivity index (χ2v) is 12.5. The Kier molecular flexibility index (Phi) is 6.18. The molecule has 49 heavy (non-hydrogen) atoms. The van der Waals surface area contributed by atoms with Crippen LogP contribution in [-0.4, -0.2) is 16.7 Å². The lowest BCUT2D eigenvalue weighted by molar-refractivity contribution is 0.669. The average molecular weight is 629 g/mol. The van der Waals surface area contributed by atoms with E-state index in [4.69, 9.17) is 19.4 Å². The Morgan fingerprint density at radius 2 is 1.31 bits per heavy atom. The van der Waals surface area contributed by atoms with Crippen molar-refractivity contribution in [1.82, 2.24) is 10.3 Å². The lowest BCUT2D eigenvalue weighted by Crippen LogP contribution is -2.33. The van der Waals surface area contributed by atoms with Gasteiger partial charge in [-0.15, -0.1) is 0 Å². The molecular formula is C44H28N4O. The summed E-state index contributed by atoms with van der Waals surface area (Å²) in [7, 11) is 0. The van der Waals surface area contributed by atoms with Gasteiger partial charge in [-0.3, -0.25) is 4.98 Å². The topological polar surface area (TPSA) is 62.8 Å².